The summed E-state index contributed by atoms with van der Waals surface area (Å²) < 4.78 is 5.55. The van der Waals surface area contributed by atoms with Crippen LogP contribution in [-0.4, -0.2) is 36.1 Å². The molecule has 0 radical (unpaired) electrons. The molecule has 0 spiro atoms. The quantitative estimate of drug-likeness (QED) is 0.849. The lowest BCUT2D eigenvalue weighted by molar-refractivity contribution is 0.263. The highest BCUT2D eigenvalue weighted by Crippen LogP contribution is 2.35. The van der Waals surface area contributed by atoms with Crippen LogP contribution >= 0.6 is 0 Å². The normalized spacial score (nSPS) is 23.1. The average Bonchev–Trinajstić information content (AvgIpc) is 2.97. The molecule has 3 heterocycles. The predicted molar refractivity (Wildman–Crippen MR) is 76.9 cm³/mol. The van der Waals surface area contributed by atoms with Crippen LogP contribution in [0.4, 0.5) is 0 Å². The fourth-order valence-electron chi connectivity index (χ4n) is 3.87. The summed E-state index contributed by atoms with van der Waals surface area (Å²) >= 11 is 0. The Kier molecular flexibility index (Phi) is 2.55. The van der Waals surface area contributed by atoms with Crippen molar-refractivity contribution in [1.29, 1.82) is 0 Å². The van der Waals surface area contributed by atoms with Crippen molar-refractivity contribution in [1.82, 2.24) is 9.88 Å². The van der Waals surface area contributed by atoms with Gasteiger partial charge in [0.15, 0.2) is 0 Å². The van der Waals surface area contributed by atoms with Crippen molar-refractivity contribution in [3.05, 3.63) is 29.5 Å². The Balaban J connectivity index is 1.86. The molecule has 1 saturated heterocycles. The molecular formula is C16H20N2O. The number of fused-ring (bicyclic) bond motifs is 4. The number of hydrogen-bond donors (Lipinski definition) is 1. The van der Waals surface area contributed by atoms with E-state index in [1.807, 2.05) is 0 Å². The van der Waals surface area contributed by atoms with Crippen LogP contribution in [0.2, 0.25) is 0 Å². The highest BCUT2D eigenvalue weighted by atomic mass is 16.5. The molecule has 100 valence electrons. The number of aromatic nitrogens is 1. The van der Waals surface area contributed by atoms with Crippen LogP contribution in [-0.2, 0) is 12.8 Å². The molecule has 0 saturated carbocycles. The van der Waals surface area contributed by atoms with Crippen LogP contribution in [0.25, 0.3) is 10.9 Å². The lowest BCUT2D eigenvalue weighted by atomic mass is 10.0. The monoisotopic (exact) mass is 256 g/mol. The summed E-state index contributed by atoms with van der Waals surface area (Å²) in [5.74, 6) is 1.01. The maximum Gasteiger partial charge on any atom is 0.128 e. The van der Waals surface area contributed by atoms with Crippen molar-refractivity contribution in [2.75, 3.05) is 20.2 Å². The van der Waals surface area contributed by atoms with E-state index in [2.05, 4.69) is 28.1 Å². The molecule has 0 amide bonds. The fourth-order valence-corrected chi connectivity index (χ4v) is 3.87. The Morgan fingerprint density at radius 2 is 2.26 bits per heavy atom. The minimum atomic E-state index is 0.750. The van der Waals surface area contributed by atoms with Gasteiger partial charge in [0.05, 0.1) is 7.11 Å². The number of ether oxygens (including phenoxy) is 1. The lowest BCUT2D eigenvalue weighted by Crippen LogP contribution is -2.30. The molecule has 0 aliphatic carbocycles. The molecule has 1 atom stereocenters. The molecule has 1 fully saturated rings. The molecule has 19 heavy (non-hydrogen) atoms. The summed E-state index contributed by atoms with van der Waals surface area (Å²) in [6.45, 7) is 2.48. The van der Waals surface area contributed by atoms with Crippen molar-refractivity contribution >= 4 is 10.9 Å². The van der Waals surface area contributed by atoms with Crippen LogP contribution in [0.3, 0.4) is 0 Å². The average molecular weight is 256 g/mol. The van der Waals surface area contributed by atoms with Crippen molar-refractivity contribution in [3.63, 3.8) is 0 Å². The number of hydrogen-bond acceptors (Lipinski definition) is 2. The van der Waals surface area contributed by atoms with Crippen LogP contribution in [0.5, 0.6) is 5.75 Å². The summed E-state index contributed by atoms with van der Waals surface area (Å²) in [7, 11) is 1.77. The first-order valence-corrected chi connectivity index (χ1v) is 7.27. The first kappa shape index (κ1) is 11.4. The SMILES string of the molecule is COc1cccc2[nH]c3c(c12)CCN1CCC[C@@H]1C3. The fraction of sp³-hybridized carbons (Fsp3) is 0.500. The second kappa shape index (κ2) is 4.27. The Morgan fingerprint density at radius 3 is 3.16 bits per heavy atom. The summed E-state index contributed by atoms with van der Waals surface area (Å²) in [4.78, 5) is 6.30. The van der Waals surface area contributed by atoms with Gasteiger partial charge in [0.25, 0.3) is 0 Å². The van der Waals surface area contributed by atoms with E-state index in [4.69, 9.17) is 4.74 Å². The minimum absolute atomic E-state index is 0.750. The maximum absolute atomic E-state index is 5.55. The van der Waals surface area contributed by atoms with E-state index in [1.165, 1.54) is 54.5 Å². The summed E-state index contributed by atoms with van der Waals surface area (Å²) in [5.41, 5.74) is 4.16. The number of H-pyrrole nitrogens is 1. The van der Waals surface area contributed by atoms with E-state index < -0.39 is 0 Å². The van der Waals surface area contributed by atoms with Gasteiger partial charge in [0, 0.05) is 35.6 Å². The number of aromatic amines is 1. The van der Waals surface area contributed by atoms with Crippen molar-refractivity contribution in [2.45, 2.75) is 31.7 Å². The van der Waals surface area contributed by atoms with Gasteiger partial charge in [-0.1, -0.05) is 6.07 Å². The topological polar surface area (TPSA) is 28.3 Å². The molecule has 2 aliphatic heterocycles. The van der Waals surface area contributed by atoms with E-state index in [0.717, 1.165) is 18.2 Å². The molecular weight excluding hydrogens is 236 g/mol. The van der Waals surface area contributed by atoms with Crippen LogP contribution in [0.15, 0.2) is 18.2 Å². The summed E-state index contributed by atoms with van der Waals surface area (Å²) in [5, 5.41) is 1.31. The second-order valence-electron chi connectivity index (χ2n) is 5.75. The van der Waals surface area contributed by atoms with Gasteiger partial charge in [-0.3, -0.25) is 4.90 Å². The predicted octanol–water partition coefficient (Wildman–Crippen LogP) is 2.74. The zero-order valence-corrected chi connectivity index (χ0v) is 11.4. The van der Waals surface area contributed by atoms with Crippen molar-refractivity contribution in [3.8, 4) is 5.75 Å². The smallest absolute Gasteiger partial charge is 0.128 e. The third-order valence-corrected chi connectivity index (χ3v) is 4.79. The van der Waals surface area contributed by atoms with E-state index in [9.17, 15) is 0 Å². The summed E-state index contributed by atoms with van der Waals surface area (Å²) in [6, 6.07) is 7.06. The molecule has 3 nitrogen and oxygen atoms in total. The molecule has 3 heteroatoms. The molecule has 1 aromatic heterocycles. The largest absolute Gasteiger partial charge is 0.496 e. The molecule has 1 N–H and O–H groups in total. The maximum atomic E-state index is 5.55. The van der Waals surface area contributed by atoms with Gasteiger partial charge in [-0.05, 0) is 43.5 Å². The van der Waals surface area contributed by atoms with E-state index >= 15 is 0 Å². The highest BCUT2D eigenvalue weighted by Gasteiger charge is 2.29. The Labute approximate surface area is 113 Å². The standard InChI is InChI=1S/C16H20N2O/c1-19-15-6-2-5-13-16(15)12-7-9-18-8-3-4-11(18)10-14(12)17-13/h2,5-6,11,17H,3-4,7-10H2,1H3/t11-/m1/s1. The first-order chi connectivity index (χ1) is 9.36. The number of benzene rings is 1. The number of nitrogens with zero attached hydrogens (tertiary/aromatic N) is 1. The molecule has 0 bridgehead atoms. The summed E-state index contributed by atoms with van der Waals surface area (Å²) in [6.07, 6.45) is 5.04. The second-order valence-corrected chi connectivity index (χ2v) is 5.75. The Morgan fingerprint density at radius 1 is 1.32 bits per heavy atom. The number of rotatable bonds is 1. The molecule has 4 rings (SSSR count). The van der Waals surface area contributed by atoms with Gasteiger partial charge in [0.2, 0.25) is 0 Å². The van der Waals surface area contributed by atoms with E-state index in [-0.39, 0.29) is 0 Å². The van der Waals surface area contributed by atoms with Crippen LogP contribution in [0, 0.1) is 0 Å². The van der Waals surface area contributed by atoms with E-state index in [1.54, 1.807) is 7.11 Å². The highest BCUT2D eigenvalue weighted by molar-refractivity contribution is 5.90. The van der Waals surface area contributed by atoms with Gasteiger partial charge in [0.1, 0.15) is 5.75 Å². The van der Waals surface area contributed by atoms with Gasteiger partial charge >= 0.3 is 0 Å². The number of methoxy groups -OCH3 is 1. The van der Waals surface area contributed by atoms with Gasteiger partial charge in [-0.2, -0.15) is 0 Å². The third kappa shape index (κ3) is 1.68. The van der Waals surface area contributed by atoms with Crippen molar-refractivity contribution in [2.24, 2.45) is 0 Å². The molecule has 2 aromatic rings. The van der Waals surface area contributed by atoms with Gasteiger partial charge in [-0.25, -0.2) is 0 Å². The number of nitrogens with one attached hydrogen (secondary N) is 1. The van der Waals surface area contributed by atoms with E-state index in [0.29, 0.717) is 0 Å². The Hall–Kier alpha value is -1.48. The van der Waals surface area contributed by atoms with Crippen LogP contribution < -0.4 is 4.74 Å². The molecule has 2 aliphatic rings. The first-order valence-electron chi connectivity index (χ1n) is 7.27. The molecule has 0 unspecified atom stereocenters. The lowest BCUT2D eigenvalue weighted by Gasteiger charge is -2.20. The van der Waals surface area contributed by atoms with Gasteiger partial charge < -0.3 is 9.72 Å². The zero-order chi connectivity index (χ0) is 12.8. The Bertz CT molecular complexity index is 616. The van der Waals surface area contributed by atoms with Crippen LogP contribution in [0.1, 0.15) is 24.1 Å². The third-order valence-electron chi connectivity index (χ3n) is 4.79. The van der Waals surface area contributed by atoms with Crippen molar-refractivity contribution < 1.29 is 4.74 Å². The van der Waals surface area contributed by atoms with Gasteiger partial charge in [-0.15, -0.1) is 0 Å². The molecule has 1 aromatic carbocycles. The zero-order valence-electron chi connectivity index (χ0n) is 11.4. The minimum Gasteiger partial charge on any atom is -0.496 e.